The Balaban J connectivity index is 2.11. The van der Waals surface area contributed by atoms with Crippen molar-refractivity contribution in [2.75, 3.05) is 0 Å². The van der Waals surface area contributed by atoms with Crippen molar-refractivity contribution >= 4 is 33.2 Å². The van der Waals surface area contributed by atoms with Gasteiger partial charge in [-0.2, -0.15) is 0 Å². The summed E-state index contributed by atoms with van der Waals surface area (Å²) in [4.78, 5) is 4.52. The number of aromatic nitrogens is 1. The summed E-state index contributed by atoms with van der Waals surface area (Å²) < 4.78 is 1.06. The molecule has 1 fully saturated rings. The van der Waals surface area contributed by atoms with Crippen molar-refractivity contribution in [1.29, 1.82) is 0 Å². The highest BCUT2D eigenvalue weighted by Gasteiger charge is 2.35. The average Bonchev–Trinajstić information content (AvgIpc) is 2.84. The molecular weight excluding hydrogens is 242 g/mol. The van der Waals surface area contributed by atoms with E-state index in [9.17, 15) is 5.11 Å². The Morgan fingerprint density at radius 1 is 1.31 bits per heavy atom. The van der Waals surface area contributed by atoms with Crippen molar-refractivity contribution in [3.8, 4) is 0 Å². The standard InChI is InChI=1S/C12H12ClNOS/c13-8-3-4-9-10(7-8)16-11(14-9)12(15)5-1-2-6-12/h3-4,7,15H,1-2,5-6H2. The molecule has 1 aliphatic rings. The topological polar surface area (TPSA) is 33.1 Å². The van der Waals surface area contributed by atoms with Crippen LogP contribution in [-0.4, -0.2) is 10.1 Å². The van der Waals surface area contributed by atoms with Gasteiger partial charge in [0.25, 0.3) is 0 Å². The normalized spacial score (nSPS) is 19.4. The van der Waals surface area contributed by atoms with Crippen molar-refractivity contribution in [2.24, 2.45) is 0 Å². The molecular formula is C12H12ClNOS. The number of benzene rings is 1. The molecule has 0 radical (unpaired) electrons. The number of fused-ring (bicyclic) bond motifs is 1. The van der Waals surface area contributed by atoms with E-state index in [1.807, 2.05) is 18.2 Å². The van der Waals surface area contributed by atoms with Crippen LogP contribution in [0.25, 0.3) is 10.2 Å². The summed E-state index contributed by atoms with van der Waals surface area (Å²) >= 11 is 7.50. The van der Waals surface area contributed by atoms with E-state index in [4.69, 9.17) is 11.6 Å². The van der Waals surface area contributed by atoms with Gasteiger partial charge in [-0.3, -0.25) is 0 Å². The minimum absolute atomic E-state index is 0.684. The van der Waals surface area contributed by atoms with E-state index in [1.165, 1.54) is 0 Å². The molecule has 1 aliphatic carbocycles. The third kappa shape index (κ3) is 1.63. The largest absolute Gasteiger partial charge is 0.383 e. The van der Waals surface area contributed by atoms with Gasteiger partial charge in [0.2, 0.25) is 0 Å². The molecule has 0 unspecified atom stereocenters. The van der Waals surface area contributed by atoms with Gasteiger partial charge in [-0.1, -0.05) is 24.4 Å². The average molecular weight is 254 g/mol. The first-order chi connectivity index (χ1) is 7.67. The van der Waals surface area contributed by atoms with Gasteiger partial charge in [0, 0.05) is 5.02 Å². The minimum Gasteiger partial charge on any atom is -0.383 e. The van der Waals surface area contributed by atoms with Crippen LogP contribution in [0.15, 0.2) is 18.2 Å². The van der Waals surface area contributed by atoms with E-state index in [0.29, 0.717) is 0 Å². The van der Waals surface area contributed by atoms with Gasteiger partial charge in [-0.15, -0.1) is 11.3 Å². The van der Waals surface area contributed by atoms with Crippen LogP contribution in [0.2, 0.25) is 5.02 Å². The van der Waals surface area contributed by atoms with E-state index in [2.05, 4.69) is 4.98 Å². The SMILES string of the molecule is OC1(c2nc3ccc(Cl)cc3s2)CCCC1. The van der Waals surface area contributed by atoms with E-state index in [-0.39, 0.29) is 0 Å². The summed E-state index contributed by atoms with van der Waals surface area (Å²) in [5.41, 5.74) is 0.251. The van der Waals surface area contributed by atoms with Crippen molar-refractivity contribution in [3.63, 3.8) is 0 Å². The van der Waals surface area contributed by atoms with Crippen LogP contribution < -0.4 is 0 Å². The number of thiazole rings is 1. The molecule has 0 spiro atoms. The maximum absolute atomic E-state index is 10.4. The Kier molecular flexibility index (Phi) is 2.42. The first-order valence-electron chi connectivity index (χ1n) is 5.46. The lowest BCUT2D eigenvalue weighted by molar-refractivity contribution is 0.0444. The summed E-state index contributed by atoms with van der Waals surface area (Å²) in [6.45, 7) is 0. The molecule has 0 saturated heterocycles. The number of aliphatic hydroxyl groups is 1. The lowest BCUT2D eigenvalue weighted by Crippen LogP contribution is -2.20. The van der Waals surface area contributed by atoms with Gasteiger partial charge in [-0.05, 0) is 31.0 Å². The van der Waals surface area contributed by atoms with E-state index >= 15 is 0 Å². The van der Waals surface area contributed by atoms with Crippen LogP contribution in [0.5, 0.6) is 0 Å². The first-order valence-corrected chi connectivity index (χ1v) is 6.66. The van der Waals surface area contributed by atoms with Crippen molar-refractivity contribution in [1.82, 2.24) is 4.98 Å². The van der Waals surface area contributed by atoms with E-state index in [0.717, 1.165) is 45.9 Å². The third-order valence-electron chi connectivity index (χ3n) is 3.18. The molecule has 2 aromatic rings. The monoisotopic (exact) mass is 253 g/mol. The summed E-state index contributed by atoms with van der Waals surface area (Å²) in [6, 6.07) is 5.67. The molecule has 0 amide bonds. The molecule has 84 valence electrons. The van der Waals surface area contributed by atoms with Crippen LogP contribution >= 0.6 is 22.9 Å². The van der Waals surface area contributed by atoms with Gasteiger partial charge in [0.1, 0.15) is 10.6 Å². The minimum atomic E-state index is -0.684. The molecule has 0 bridgehead atoms. The molecule has 2 nitrogen and oxygen atoms in total. The highest BCUT2D eigenvalue weighted by molar-refractivity contribution is 7.18. The fourth-order valence-electron chi connectivity index (χ4n) is 2.27. The second-order valence-electron chi connectivity index (χ2n) is 4.37. The Bertz CT molecular complexity index is 531. The Hall–Kier alpha value is -0.640. The summed E-state index contributed by atoms with van der Waals surface area (Å²) in [7, 11) is 0. The molecule has 0 aliphatic heterocycles. The second kappa shape index (κ2) is 3.69. The van der Waals surface area contributed by atoms with Crippen molar-refractivity contribution in [3.05, 3.63) is 28.2 Å². The zero-order chi connectivity index (χ0) is 11.2. The predicted octanol–water partition coefficient (Wildman–Crippen LogP) is 3.71. The second-order valence-corrected chi connectivity index (χ2v) is 5.84. The van der Waals surface area contributed by atoms with Gasteiger partial charge in [0.15, 0.2) is 0 Å². The lowest BCUT2D eigenvalue weighted by atomic mass is 10.0. The molecule has 1 N–H and O–H groups in total. The van der Waals surface area contributed by atoms with Crippen LogP contribution in [-0.2, 0) is 5.60 Å². The Morgan fingerprint density at radius 3 is 2.81 bits per heavy atom. The van der Waals surface area contributed by atoms with E-state index < -0.39 is 5.60 Å². The van der Waals surface area contributed by atoms with Gasteiger partial charge in [-0.25, -0.2) is 4.98 Å². The molecule has 1 saturated carbocycles. The Morgan fingerprint density at radius 2 is 2.06 bits per heavy atom. The number of hydrogen-bond acceptors (Lipinski definition) is 3. The number of nitrogens with zero attached hydrogens (tertiary/aromatic N) is 1. The van der Waals surface area contributed by atoms with Crippen molar-refractivity contribution < 1.29 is 5.11 Å². The maximum atomic E-state index is 10.4. The Labute approximate surface area is 103 Å². The van der Waals surface area contributed by atoms with Crippen LogP contribution in [0.1, 0.15) is 30.7 Å². The smallest absolute Gasteiger partial charge is 0.126 e. The molecule has 3 rings (SSSR count). The summed E-state index contributed by atoms with van der Waals surface area (Å²) in [6.07, 6.45) is 3.85. The molecule has 0 atom stereocenters. The fourth-order valence-corrected chi connectivity index (χ4v) is 3.66. The fraction of sp³-hybridized carbons (Fsp3) is 0.417. The summed E-state index contributed by atoms with van der Waals surface area (Å²) in [5.74, 6) is 0. The molecule has 1 aromatic heterocycles. The number of halogens is 1. The maximum Gasteiger partial charge on any atom is 0.126 e. The van der Waals surface area contributed by atoms with Gasteiger partial charge < -0.3 is 5.11 Å². The molecule has 16 heavy (non-hydrogen) atoms. The lowest BCUT2D eigenvalue weighted by Gasteiger charge is -2.18. The molecule has 4 heteroatoms. The number of hydrogen-bond donors (Lipinski definition) is 1. The van der Waals surface area contributed by atoms with Crippen molar-refractivity contribution in [2.45, 2.75) is 31.3 Å². The zero-order valence-corrected chi connectivity index (χ0v) is 10.3. The van der Waals surface area contributed by atoms with Gasteiger partial charge >= 0.3 is 0 Å². The van der Waals surface area contributed by atoms with Gasteiger partial charge in [0.05, 0.1) is 10.2 Å². The van der Waals surface area contributed by atoms with E-state index in [1.54, 1.807) is 11.3 Å². The predicted molar refractivity (Wildman–Crippen MR) is 67.0 cm³/mol. The highest BCUT2D eigenvalue weighted by atomic mass is 35.5. The number of rotatable bonds is 1. The molecule has 1 aromatic carbocycles. The third-order valence-corrected chi connectivity index (χ3v) is 4.63. The zero-order valence-electron chi connectivity index (χ0n) is 8.74. The van der Waals surface area contributed by atoms with Crippen LogP contribution in [0, 0.1) is 0 Å². The first kappa shape index (κ1) is 10.5. The highest BCUT2D eigenvalue weighted by Crippen LogP contribution is 2.41. The van der Waals surface area contributed by atoms with Crippen LogP contribution in [0.3, 0.4) is 0 Å². The van der Waals surface area contributed by atoms with Crippen LogP contribution in [0.4, 0.5) is 0 Å². The quantitative estimate of drug-likeness (QED) is 0.841. The summed E-state index contributed by atoms with van der Waals surface area (Å²) in [5, 5.41) is 12.0. The molecule has 1 heterocycles.